The predicted octanol–water partition coefficient (Wildman–Crippen LogP) is 1.86. The van der Waals surface area contributed by atoms with Crippen molar-refractivity contribution in [3.05, 3.63) is 35.5 Å². The Kier molecular flexibility index (Phi) is 3.90. The third-order valence-corrected chi connectivity index (χ3v) is 3.46. The molecular formula is C15H20N2O2. The van der Waals surface area contributed by atoms with Crippen LogP contribution in [0, 0.1) is 6.92 Å². The monoisotopic (exact) mass is 260 g/mol. The van der Waals surface area contributed by atoms with E-state index in [0.29, 0.717) is 6.54 Å². The Labute approximate surface area is 113 Å². The predicted molar refractivity (Wildman–Crippen MR) is 76.1 cm³/mol. The summed E-state index contributed by atoms with van der Waals surface area (Å²) in [6.07, 6.45) is -0.154. The van der Waals surface area contributed by atoms with Gasteiger partial charge in [-0.1, -0.05) is 18.2 Å². The number of benzene rings is 1. The maximum atomic E-state index is 11.6. The SMILES string of the molecule is Cc1[nH]c2ccccc2c1CCN(C)C(=O)C(C)O. The minimum atomic E-state index is -0.936. The number of H-pyrrole nitrogens is 1. The second kappa shape index (κ2) is 5.45. The van der Waals surface area contributed by atoms with Crippen LogP contribution >= 0.6 is 0 Å². The van der Waals surface area contributed by atoms with Gasteiger partial charge in [-0.05, 0) is 31.9 Å². The quantitative estimate of drug-likeness (QED) is 0.881. The van der Waals surface area contributed by atoms with E-state index in [1.165, 1.54) is 17.9 Å². The number of nitrogens with zero attached hydrogens (tertiary/aromatic N) is 1. The molecule has 4 heteroatoms. The van der Waals surface area contributed by atoms with Gasteiger partial charge in [-0.3, -0.25) is 4.79 Å². The molecule has 19 heavy (non-hydrogen) atoms. The van der Waals surface area contributed by atoms with Crippen LogP contribution in [0.25, 0.3) is 10.9 Å². The van der Waals surface area contributed by atoms with Gasteiger partial charge < -0.3 is 15.0 Å². The molecule has 1 unspecified atom stereocenters. The van der Waals surface area contributed by atoms with Crippen LogP contribution in [0.1, 0.15) is 18.2 Å². The number of carbonyl (C=O) groups excluding carboxylic acids is 1. The van der Waals surface area contributed by atoms with E-state index in [0.717, 1.165) is 17.6 Å². The smallest absolute Gasteiger partial charge is 0.250 e. The van der Waals surface area contributed by atoms with Crippen LogP contribution in [0.2, 0.25) is 0 Å². The molecule has 1 aromatic heterocycles. The standard InChI is InChI=1S/C15H20N2O2/c1-10-12(8-9-17(3)15(19)11(2)18)13-6-4-5-7-14(13)16-10/h4-7,11,16,18H,8-9H2,1-3H3. The van der Waals surface area contributed by atoms with E-state index in [1.54, 1.807) is 11.9 Å². The summed E-state index contributed by atoms with van der Waals surface area (Å²) in [6, 6.07) is 8.16. The number of amides is 1. The molecule has 0 spiro atoms. The second-order valence-electron chi connectivity index (χ2n) is 4.96. The topological polar surface area (TPSA) is 56.3 Å². The maximum Gasteiger partial charge on any atom is 0.250 e. The van der Waals surface area contributed by atoms with Gasteiger partial charge in [0.25, 0.3) is 5.91 Å². The van der Waals surface area contributed by atoms with Crippen LogP contribution in [-0.2, 0) is 11.2 Å². The minimum Gasteiger partial charge on any atom is -0.384 e. The number of aromatic nitrogens is 1. The first kappa shape index (κ1) is 13.6. The summed E-state index contributed by atoms with van der Waals surface area (Å²) in [4.78, 5) is 16.5. The summed E-state index contributed by atoms with van der Waals surface area (Å²) in [5.74, 6) is -0.238. The Morgan fingerprint density at radius 3 is 2.79 bits per heavy atom. The molecule has 2 rings (SSSR count). The van der Waals surface area contributed by atoms with Gasteiger partial charge >= 0.3 is 0 Å². The molecule has 1 atom stereocenters. The molecule has 0 saturated carbocycles. The summed E-state index contributed by atoms with van der Waals surface area (Å²) in [7, 11) is 1.72. The van der Waals surface area contributed by atoms with E-state index in [9.17, 15) is 9.90 Å². The molecule has 1 amide bonds. The third-order valence-electron chi connectivity index (χ3n) is 3.46. The Bertz CT molecular complexity index is 587. The van der Waals surface area contributed by atoms with Gasteiger partial charge in [-0.2, -0.15) is 0 Å². The van der Waals surface area contributed by atoms with E-state index >= 15 is 0 Å². The van der Waals surface area contributed by atoms with Gasteiger partial charge in [0.1, 0.15) is 6.10 Å². The molecule has 0 radical (unpaired) electrons. The number of aliphatic hydroxyl groups excluding tert-OH is 1. The van der Waals surface area contributed by atoms with E-state index in [1.807, 2.05) is 19.1 Å². The Balaban J connectivity index is 2.14. The van der Waals surface area contributed by atoms with Crippen molar-refractivity contribution in [2.75, 3.05) is 13.6 Å². The molecule has 0 aliphatic rings. The molecule has 0 aliphatic heterocycles. The normalized spacial score (nSPS) is 12.6. The largest absolute Gasteiger partial charge is 0.384 e. The van der Waals surface area contributed by atoms with Crippen molar-refractivity contribution in [1.82, 2.24) is 9.88 Å². The number of likely N-dealkylation sites (N-methyl/N-ethyl adjacent to an activating group) is 1. The fourth-order valence-corrected chi connectivity index (χ4v) is 2.37. The van der Waals surface area contributed by atoms with Crippen molar-refractivity contribution in [2.45, 2.75) is 26.4 Å². The Morgan fingerprint density at radius 2 is 2.11 bits per heavy atom. The summed E-state index contributed by atoms with van der Waals surface area (Å²) in [6.45, 7) is 4.15. The van der Waals surface area contributed by atoms with Crippen LogP contribution in [0.3, 0.4) is 0 Å². The van der Waals surface area contributed by atoms with E-state index in [2.05, 4.69) is 17.1 Å². The molecule has 0 fully saturated rings. The molecule has 0 aliphatic carbocycles. The number of hydrogen-bond acceptors (Lipinski definition) is 2. The minimum absolute atomic E-state index is 0.238. The molecule has 0 bridgehead atoms. The molecule has 0 saturated heterocycles. The third kappa shape index (κ3) is 2.79. The van der Waals surface area contributed by atoms with Crippen LogP contribution < -0.4 is 0 Å². The zero-order valence-corrected chi connectivity index (χ0v) is 11.6. The summed E-state index contributed by atoms with van der Waals surface area (Å²) in [5, 5.41) is 10.5. The van der Waals surface area contributed by atoms with E-state index in [4.69, 9.17) is 0 Å². The second-order valence-corrected chi connectivity index (χ2v) is 4.96. The van der Waals surface area contributed by atoms with Crippen molar-refractivity contribution in [2.24, 2.45) is 0 Å². The lowest BCUT2D eigenvalue weighted by molar-refractivity contribution is -0.137. The fraction of sp³-hybridized carbons (Fsp3) is 0.400. The molecule has 2 aromatic rings. The molecule has 4 nitrogen and oxygen atoms in total. The number of nitrogens with one attached hydrogen (secondary N) is 1. The van der Waals surface area contributed by atoms with Gasteiger partial charge in [0.05, 0.1) is 0 Å². The lowest BCUT2D eigenvalue weighted by atomic mass is 10.1. The molecular weight excluding hydrogens is 240 g/mol. The van der Waals surface area contributed by atoms with Crippen LogP contribution in [0.15, 0.2) is 24.3 Å². The zero-order chi connectivity index (χ0) is 14.0. The average molecular weight is 260 g/mol. The number of carbonyl (C=O) groups is 1. The number of rotatable bonds is 4. The number of aromatic amines is 1. The number of para-hydroxylation sites is 1. The fourth-order valence-electron chi connectivity index (χ4n) is 2.37. The van der Waals surface area contributed by atoms with Crippen LogP contribution in [-0.4, -0.2) is 40.6 Å². The zero-order valence-electron chi connectivity index (χ0n) is 11.6. The highest BCUT2D eigenvalue weighted by Crippen LogP contribution is 2.22. The van der Waals surface area contributed by atoms with Gasteiger partial charge in [0.15, 0.2) is 0 Å². The van der Waals surface area contributed by atoms with Gasteiger partial charge in [0.2, 0.25) is 0 Å². The van der Waals surface area contributed by atoms with Crippen molar-refractivity contribution in [1.29, 1.82) is 0 Å². The van der Waals surface area contributed by atoms with Crippen molar-refractivity contribution >= 4 is 16.8 Å². The molecule has 102 valence electrons. The number of fused-ring (bicyclic) bond motifs is 1. The number of hydrogen-bond donors (Lipinski definition) is 2. The lowest BCUT2D eigenvalue weighted by Crippen LogP contribution is -2.36. The highest BCUT2D eigenvalue weighted by molar-refractivity contribution is 5.84. The van der Waals surface area contributed by atoms with E-state index < -0.39 is 6.10 Å². The number of aliphatic hydroxyl groups is 1. The maximum absolute atomic E-state index is 11.6. The van der Waals surface area contributed by atoms with Crippen LogP contribution in [0.4, 0.5) is 0 Å². The summed E-state index contributed by atoms with van der Waals surface area (Å²) >= 11 is 0. The van der Waals surface area contributed by atoms with E-state index in [-0.39, 0.29) is 5.91 Å². The molecule has 1 heterocycles. The van der Waals surface area contributed by atoms with Gasteiger partial charge in [-0.25, -0.2) is 0 Å². The first-order chi connectivity index (χ1) is 9.00. The lowest BCUT2D eigenvalue weighted by Gasteiger charge is -2.18. The van der Waals surface area contributed by atoms with Gasteiger partial charge in [0, 0.05) is 30.2 Å². The summed E-state index contributed by atoms with van der Waals surface area (Å²) in [5.41, 5.74) is 3.50. The average Bonchev–Trinajstić information content (AvgIpc) is 2.70. The molecule has 1 aromatic carbocycles. The first-order valence-corrected chi connectivity index (χ1v) is 6.50. The van der Waals surface area contributed by atoms with Crippen molar-refractivity contribution in [3.8, 4) is 0 Å². The van der Waals surface area contributed by atoms with Gasteiger partial charge in [-0.15, -0.1) is 0 Å². The highest BCUT2D eigenvalue weighted by Gasteiger charge is 2.15. The molecule has 2 N–H and O–H groups in total. The first-order valence-electron chi connectivity index (χ1n) is 6.50. The summed E-state index contributed by atoms with van der Waals surface area (Å²) < 4.78 is 0. The van der Waals surface area contributed by atoms with Crippen molar-refractivity contribution in [3.63, 3.8) is 0 Å². The highest BCUT2D eigenvalue weighted by atomic mass is 16.3. The van der Waals surface area contributed by atoms with Crippen LogP contribution in [0.5, 0.6) is 0 Å². The van der Waals surface area contributed by atoms with Crippen molar-refractivity contribution < 1.29 is 9.90 Å². The Hall–Kier alpha value is -1.81. The Morgan fingerprint density at radius 1 is 1.42 bits per heavy atom. The number of aryl methyl sites for hydroxylation is 1.